The van der Waals surface area contributed by atoms with Crippen molar-refractivity contribution in [3.63, 3.8) is 0 Å². The van der Waals surface area contributed by atoms with Gasteiger partial charge >= 0.3 is 11.9 Å². The van der Waals surface area contributed by atoms with Crippen molar-refractivity contribution in [2.24, 2.45) is 0 Å². The number of aliphatic hydroxyl groups is 6. The van der Waals surface area contributed by atoms with E-state index in [4.69, 9.17) is 42.3 Å². The zero-order valence-corrected chi connectivity index (χ0v) is 39.4. The van der Waals surface area contributed by atoms with E-state index in [0.29, 0.717) is 11.1 Å². The van der Waals surface area contributed by atoms with Gasteiger partial charge in [-0.25, -0.2) is 9.59 Å². The number of fused-ring (bicyclic) bond motifs is 1. The van der Waals surface area contributed by atoms with Crippen LogP contribution in [-0.2, 0) is 42.7 Å². The Morgan fingerprint density at radius 1 is 0.560 bits per heavy atom. The van der Waals surface area contributed by atoms with Crippen molar-refractivity contribution >= 4 is 35.1 Å². The van der Waals surface area contributed by atoms with Crippen molar-refractivity contribution in [1.82, 2.24) is 0 Å². The third-order valence-electron chi connectivity index (χ3n) is 12.4. The Balaban J connectivity index is 1.17. The summed E-state index contributed by atoms with van der Waals surface area (Å²) in [5, 5.41) is 128. The Morgan fingerprint density at radius 2 is 1.15 bits per heavy atom. The average Bonchev–Trinajstić information content (AvgIpc) is 3.37. The van der Waals surface area contributed by atoms with Gasteiger partial charge in [0.1, 0.15) is 76.7 Å². The lowest BCUT2D eigenvalue weighted by atomic mass is 9.97. The third kappa shape index (κ3) is 12.0. The predicted molar refractivity (Wildman–Crippen MR) is 253 cm³/mol. The molecule has 5 aromatic rings. The first-order valence-electron chi connectivity index (χ1n) is 23.1. The van der Waals surface area contributed by atoms with Crippen molar-refractivity contribution in [2.45, 2.75) is 106 Å². The second-order valence-corrected chi connectivity index (χ2v) is 17.7. The number of phenols is 6. The van der Waals surface area contributed by atoms with E-state index < -0.39 is 162 Å². The topological polar surface area (TPSA) is 381 Å². The van der Waals surface area contributed by atoms with Gasteiger partial charge in [-0.2, -0.15) is 0 Å². The third-order valence-corrected chi connectivity index (χ3v) is 12.4. The van der Waals surface area contributed by atoms with Crippen LogP contribution in [0.4, 0.5) is 0 Å². The van der Waals surface area contributed by atoms with Gasteiger partial charge in [0.05, 0.1) is 18.8 Å². The fourth-order valence-electron chi connectivity index (χ4n) is 8.38. The predicted octanol–water partition coefficient (Wildman–Crippen LogP) is 1.10. The van der Waals surface area contributed by atoms with Crippen LogP contribution in [0, 0.1) is 0 Å². The molecule has 12 N–H and O–H groups in total. The summed E-state index contributed by atoms with van der Waals surface area (Å²) in [6.45, 7) is 1.89. The highest BCUT2D eigenvalue weighted by atomic mass is 16.8. The number of carbonyl (C=O) groups excluding carboxylic acids is 2. The molecule has 0 spiro atoms. The minimum atomic E-state index is -2.21. The van der Waals surface area contributed by atoms with Gasteiger partial charge < -0.3 is 104 Å². The average molecular weight is 1050 g/mol. The van der Waals surface area contributed by atoms with Crippen LogP contribution in [0.5, 0.6) is 40.2 Å². The van der Waals surface area contributed by atoms with E-state index >= 15 is 0 Å². The van der Waals surface area contributed by atoms with E-state index in [-0.39, 0.29) is 17.1 Å². The highest BCUT2D eigenvalue weighted by molar-refractivity contribution is 5.89. The number of hydrogen-bond donors (Lipinski definition) is 12. The standard InChI is InChI=1S/C51H52O24/c1-21-37(60)39(62)41(64)49(68-21)67-20-33-46(73-35(59)16-8-24-5-12-27(53)13-6-24)43(66)48(75-50-42(65)40(63)44(22(2)69-50)72-34(58)15-7-23-3-10-26(52)11-4-23)51(71-33)74-47-38(61)36-31(57)18-28(54)19-32(36)70-45(47)25-9-14-29(55)30(56)17-25/h3-19,21-22,33,37,39-44,46,48-57,60,62-66H,20H2,1-2H3/b15-7+,16-8+/t21-,22-,33+,37-,39+,40-,41+,42+,43-,44-,46-,48+,49+,50-,51-/m0/s1. The van der Waals surface area contributed by atoms with Gasteiger partial charge in [-0.05, 0) is 79.6 Å². The van der Waals surface area contributed by atoms with E-state index in [9.17, 15) is 75.7 Å². The highest BCUT2D eigenvalue weighted by Crippen LogP contribution is 2.41. The maximum Gasteiger partial charge on any atom is 0.331 e. The number of hydrogen-bond acceptors (Lipinski definition) is 24. The minimum Gasteiger partial charge on any atom is -0.508 e. The maximum atomic E-state index is 14.6. The molecule has 4 heterocycles. The van der Waals surface area contributed by atoms with Gasteiger partial charge in [-0.15, -0.1) is 0 Å². The molecule has 0 unspecified atom stereocenters. The molecule has 0 radical (unpaired) electrons. The van der Waals surface area contributed by atoms with Crippen molar-refractivity contribution < 1.29 is 113 Å². The summed E-state index contributed by atoms with van der Waals surface area (Å²) in [5.41, 5.74) is -0.829. The molecule has 8 rings (SSSR count). The molecule has 24 nitrogen and oxygen atoms in total. The lowest BCUT2D eigenvalue weighted by molar-refractivity contribution is -0.360. The Kier molecular flexibility index (Phi) is 16.3. The van der Waals surface area contributed by atoms with Gasteiger partial charge in [0.15, 0.2) is 48.2 Å². The van der Waals surface area contributed by atoms with Gasteiger partial charge in [0.25, 0.3) is 0 Å². The number of carbonyl (C=O) groups is 2. The summed E-state index contributed by atoms with van der Waals surface area (Å²) in [4.78, 5) is 41.1. The van der Waals surface area contributed by atoms with Crippen LogP contribution >= 0.6 is 0 Å². The molecule has 3 aliphatic rings. The molecule has 1 aromatic heterocycles. The summed E-state index contributed by atoms with van der Waals surface area (Å²) >= 11 is 0. The quantitative estimate of drug-likeness (QED) is 0.0421. The summed E-state index contributed by atoms with van der Waals surface area (Å²) in [6.07, 6.45) is -22.5. The minimum absolute atomic E-state index is 0.0167. The molecule has 0 amide bonds. The van der Waals surface area contributed by atoms with Crippen LogP contribution in [0.25, 0.3) is 34.4 Å². The summed E-state index contributed by atoms with van der Waals surface area (Å²) in [5.74, 6) is -6.25. The van der Waals surface area contributed by atoms with E-state index in [1.165, 1.54) is 80.6 Å². The Bertz CT molecular complexity index is 2960. The number of esters is 2. The molecule has 0 saturated carbocycles. The Hall–Kier alpha value is -7.33. The van der Waals surface area contributed by atoms with Gasteiger partial charge in [0, 0.05) is 29.8 Å². The zero-order chi connectivity index (χ0) is 54.0. The SMILES string of the molecule is C[C@@H]1O[C@@H](OC[C@H]2O[C@@H](Oc3c(-c4ccc(O)c(O)c4)oc4cc(O)cc(O)c4c3=O)[C@H](O[C@@H]3O[C@@H](C)[C@H](OC(=O)/C=C/c4ccc(O)cc4)[C@@H](O)[C@H]3O)[C@@H](O)[C@H]2OC(=O)/C=C/c2ccc(O)cc2)[C@H](O)[C@H](O)[C@H]1O. The Morgan fingerprint density at radius 3 is 1.76 bits per heavy atom. The largest absolute Gasteiger partial charge is 0.508 e. The van der Waals surface area contributed by atoms with E-state index in [0.717, 1.165) is 36.4 Å². The molecule has 400 valence electrons. The molecule has 24 heteroatoms. The summed E-state index contributed by atoms with van der Waals surface area (Å²) in [6, 6.07) is 16.4. The fourth-order valence-corrected chi connectivity index (χ4v) is 8.38. The van der Waals surface area contributed by atoms with Gasteiger partial charge in [-0.3, -0.25) is 4.79 Å². The van der Waals surface area contributed by atoms with Gasteiger partial charge in [0.2, 0.25) is 17.5 Å². The number of rotatable bonds is 14. The second-order valence-electron chi connectivity index (χ2n) is 17.7. The van der Waals surface area contributed by atoms with Crippen molar-refractivity contribution in [3.8, 4) is 51.6 Å². The maximum absolute atomic E-state index is 14.6. The number of ether oxygens (including phenoxy) is 8. The molecule has 15 atom stereocenters. The molecule has 0 bridgehead atoms. The number of aliphatic hydroxyl groups excluding tert-OH is 6. The van der Waals surface area contributed by atoms with Crippen LogP contribution in [0.2, 0.25) is 0 Å². The first kappa shape index (κ1) is 53.9. The smallest absolute Gasteiger partial charge is 0.331 e. The van der Waals surface area contributed by atoms with E-state index in [1.807, 2.05) is 0 Å². The van der Waals surface area contributed by atoms with Crippen molar-refractivity contribution in [2.75, 3.05) is 6.61 Å². The molecular formula is C51H52O24. The lowest BCUT2D eigenvalue weighted by Crippen LogP contribution is -2.66. The number of phenolic OH excluding ortho intramolecular Hbond substituents is 6. The molecule has 4 aromatic carbocycles. The molecular weight excluding hydrogens is 997 g/mol. The lowest BCUT2D eigenvalue weighted by Gasteiger charge is -2.47. The fraction of sp³-hybridized carbons (Fsp3) is 0.353. The summed E-state index contributed by atoms with van der Waals surface area (Å²) < 4.78 is 53.2. The van der Waals surface area contributed by atoms with Crippen LogP contribution in [0.1, 0.15) is 25.0 Å². The molecule has 3 aliphatic heterocycles. The molecule has 75 heavy (non-hydrogen) atoms. The normalized spacial score (nSPS) is 30.1. The molecule has 3 saturated heterocycles. The first-order chi connectivity index (χ1) is 35.7. The second kappa shape index (κ2) is 22.6. The first-order valence-corrected chi connectivity index (χ1v) is 23.1. The van der Waals surface area contributed by atoms with Crippen LogP contribution in [-0.4, -0.2) is 172 Å². The summed E-state index contributed by atoms with van der Waals surface area (Å²) in [7, 11) is 0. The van der Waals surface area contributed by atoms with Crippen molar-refractivity contribution in [3.05, 3.63) is 112 Å². The van der Waals surface area contributed by atoms with Crippen LogP contribution in [0.15, 0.2) is 100 Å². The van der Waals surface area contributed by atoms with E-state index in [2.05, 4.69) is 0 Å². The van der Waals surface area contributed by atoms with Crippen LogP contribution < -0.4 is 10.2 Å². The highest BCUT2D eigenvalue weighted by Gasteiger charge is 2.54. The van der Waals surface area contributed by atoms with Crippen LogP contribution in [0.3, 0.4) is 0 Å². The molecule has 3 fully saturated rings. The van der Waals surface area contributed by atoms with E-state index in [1.54, 1.807) is 0 Å². The Labute approximate surface area is 423 Å². The monoisotopic (exact) mass is 1050 g/mol. The number of benzene rings is 4. The number of aromatic hydroxyl groups is 6. The van der Waals surface area contributed by atoms with Gasteiger partial charge in [-0.1, -0.05) is 24.3 Å². The van der Waals surface area contributed by atoms with Crippen molar-refractivity contribution in [1.29, 1.82) is 0 Å². The molecule has 0 aliphatic carbocycles. The zero-order valence-electron chi connectivity index (χ0n) is 39.4.